The molecule has 0 aromatic rings. The van der Waals surface area contributed by atoms with E-state index in [-0.39, 0.29) is 29.8 Å². The van der Waals surface area contributed by atoms with Crippen molar-refractivity contribution in [2.45, 2.75) is 6.92 Å². The fourth-order valence-electron chi connectivity index (χ4n) is 0. The minimum Gasteiger partial charge on any atom is -1.00 e. The first-order valence-corrected chi connectivity index (χ1v) is 1.51. The molecular weight excluding hydrogens is 122 g/mol. The van der Waals surface area contributed by atoms with Crippen LogP contribution in [0, 0.1) is 0 Å². The molecule has 0 nitrogen and oxygen atoms in total. The summed E-state index contributed by atoms with van der Waals surface area (Å²) in [6.45, 7) is 1.89. The minimum absolute atomic E-state index is 0. The molecular formula is C2H5AlCl2+2. The number of hydrogen-bond acceptors (Lipinski definition) is 0. The molecule has 0 fully saturated rings. The molecule has 0 saturated heterocycles. The second-order valence-corrected chi connectivity index (χ2v) is 0.802. The molecule has 0 heterocycles. The van der Waals surface area contributed by atoms with Crippen molar-refractivity contribution in [3.8, 4) is 0 Å². The van der Waals surface area contributed by atoms with Gasteiger partial charge in [0.25, 0.3) is 0 Å². The second kappa shape index (κ2) is 19.4. The van der Waals surface area contributed by atoms with Gasteiger partial charge in [-0.3, -0.25) is 0 Å². The van der Waals surface area contributed by atoms with Gasteiger partial charge in [-0.25, -0.2) is 0 Å². The molecule has 0 aromatic heterocycles. The first kappa shape index (κ1) is 16.5. The van der Waals surface area contributed by atoms with Gasteiger partial charge in [0.15, 0.2) is 0 Å². The topological polar surface area (TPSA) is 0 Å². The third-order valence-electron chi connectivity index (χ3n) is 0. The van der Waals surface area contributed by atoms with Crippen molar-refractivity contribution in [1.29, 1.82) is 0 Å². The third-order valence-corrected chi connectivity index (χ3v) is 0. The standard InChI is InChI=1S/C2H5Cl.Al.ClH/c1-2-3;;/h2H2,1H3;;1H/q;+3;/p-1. The van der Waals surface area contributed by atoms with E-state index in [2.05, 4.69) is 0 Å². The SMILES string of the molecule is CCCl.[Al+3].[Cl-]. The molecule has 0 unspecified atom stereocenters. The second-order valence-electron chi connectivity index (χ2n) is 0.267. The summed E-state index contributed by atoms with van der Waals surface area (Å²) in [5, 5.41) is 0. The average molecular weight is 127 g/mol. The zero-order valence-electron chi connectivity index (χ0n) is 3.04. The van der Waals surface area contributed by atoms with Gasteiger partial charge in [-0.1, -0.05) is 6.92 Å². The summed E-state index contributed by atoms with van der Waals surface area (Å²) >= 11 is 5.00. The largest absolute Gasteiger partial charge is 3.00 e. The van der Waals surface area contributed by atoms with Gasteiger partial charge in [0.2, 0.25) is 0 Å². The maximum Gasteiger partial charge on any atom is 3.00 e. The summed E-state index contributed by atoms with van der Waals surface area (Å²) in [5.74, 6) is 0.722. The van der Waals surface area contributed by atoms with Crippen LogP contribution in [-0.2, 0) is 0 Å². The molecule has 0 saturated carbocycles. The Morgan fingerprint density at radius 2 is 1.60 bits per heavy atom. The molecule has 0 amide bonds. The Balaban J connectivity index is -0.0000000200. The van der Waals surface area contributed by atoms with Crippen molar-refractivity contribution in [1.82, 2.24) is 0 Å². The molecule has 0 aliphatic rings. The van der Waals surface area contributed by atoms with Crippen LogP contribution < -0.4 is 12.4 Å². The predicted octanol–water partition coefficient (Wildman–Crippen LogP) is -2.13. The molecule has 0 aliphatic carbocycles. The molecule has 0 aromatic carbocycles. The molecule has 3 heteroatoms. The molecule has 28 valence electrons. The maximum atomic E-state index is 5.00. The van der Waals surface area contributed by atoms with Crippen LogP contribution in [0.3, 0.4) is 0 Å². The van der Waals surface area contributed by atoms with Gasteiger partial charge in [-0.15, -0.1) is 11.6 Å². The van der Waals surface area contributed by atoms with Crippen LogP contribution in [-0.4, -0.2) is 23.2 Å². The van der Waals surface area contributed by atoms with Gasteiger partial charge in [-0.05, 0) is 0 Å². The van der Waals surface area contributed by atoms with E-state index in [4.69, 9.17) is 11.6 Å². The van der Waals surface area contributed by atoms with Crippen molar-refractivity contribution in [3.05, 3.63) is 0 Å². The van der Waals surface area contributed by atoms with E-state index in [9.17, 15) is 0 Å². The quantitative estimate of drug-likeness (QED) is 0.257. The van der Waals surface area contributed by atoms with Crippen molar-refractivity contribution in [2.24, 2.45) is 0 Å². The Bertz CT molecular complexity index is 7.61. The van der Waals surface area contributed by atoms with E-state index >= 15 is 0 Å². The Morgan fingerprint density at radius 1 is 1.60 bits per heavy atom. The normalized spacial score (nSPS) is 3.60. The maximum absolute atomic E-state index is 5.00. The van der Waals surface area contributed by atoms with Crippen LogP contribution in [0.15, 0.2) is 0 Å². The van der Waals surface area contributed by atoms with Gasteiger partial charge in [0.05, 0.1) is 0 Å². The van der Waals surface area contributed by atoms with Crippen LogP contribution in [0.25, 0.3) is 0 Å². The van der Waals surface area contributed by atoms with E-state index in [1.807, 2.05) is 6.92 Å². The third kappa shape index (κ3) is 40.0. The first-order valence-electron chi connectivity index (χ1n) is 0.974. The summed E-state index contributed by atoms with van der Waals surface area (Å²) < 4.78 is 0. The van der Waals surface area contributed by atoms with Gasteiger partial charge < -0.3 is 12.4 Å². The zero-order valence-corrected chi connectivity index (χ0v) is 5.71. The molecule has 0 radical (unpaired) electrons. The summed E-state index contributed by atoms with van der Waals surface area (Å²) in [7, 11) is 0. The summed E-state index contributed by atoms with van der Waals surface area (Å²) in [4.78, 5) is 0. The van der Waals surface area contributed by atoms with Crippen LogP contribution >= 0.6 is 11.6 Å². The van der Waals surface area contributed by atoms with Crippen molar-refractivity contribution >= 4 is 29.0 Å². The Morgan fingerprint density at radius 3 is 1.60 bits per heavy atom. The molecule has 0 N–H and O–H groups in total. The monoisotopic (exact) mass is 126 g/mol. The fourth-order valence-corrected chi connectivity index (χ4v) is 0. The number of alkyl halides is 1. The smallest absolute Gasteiger partial charge is 1.00 e. The van der Waals surface area contributed by atoms with Crippen LogP contribution in [0.2, 0.25) is 0 Å². The van der Waals surface area contributed by atoms with Gasteiger partial charge in [0, 0.05) is 5.88 Å². The molecule has 0 spiro atoms. The average Bonchev–Trinajstić information content (AvgIpc) is 0.918. The van der Waals surface area contributed by atoms with Crippen molar-refractivity contribution in [3.63, 3.8) is 0 Å². The molecule has 0 aliphatic heterocycles. The summed E-state index contributed by atoms with van der Waals surface area (Å²) in [6.07, 6.45) is 0. The van der Waals surface area contributed by atoms with Crippen LogP contribution in [0.4, 0.5) is 0 Å². The van der Waals surface area contributed by atoms with Crippen LogP contribution in [0.5, 0.6) is 0 Å². The molecule has 0 atom stereocenters. The van der Waals surface area contributed by atoms with E-state index in [0.717, 1.165) is 5.88 Å². The van der Waals surface area contributed by atoms with E-state index in [0.29, 0.717) is 0 Å². The number of rotatable bonds is 0. The van der Waals surface area contributed by atoms with E-state index in [1.165, 1.54) is 0 Å². The van der Waals surface area contributed by atoms with Crippen molar-refractivity contribution in [2.75, 3.05) is 5.88 Å². The van der Waals surface area contributed by atoms with Gasteiger partial charge in [0.1, 0.15) is 0 Å². The van der Waals surface area contributed by atoms with Gasteiger partial charge in [-0.2, -0.15) is 0 Å². The van der Waals surface area contributed by atoms with E-state index < -0.39 is 0 Å². The van der Waals surface area contributed by atoms with Crippen LogP contribution in [0.1, 0.15) is 6.92 Å². The number of halogens is 2. The van der Waals surface area contributed by atoms with E-state index in [1.54, 1.807) is 0 Å². The molecule has 5 heavy (non-hydrogen) atoms. The van der Waals surface area contributed by atoms with Gasteiger partial charge >= 0.3 is 17.4 Å². The first-order chi connectivity index (χ1) is 1.41. The predicted molar refractivity (Wildman–Crippen MR) is 22.1 cm³/mol. The number of hydrogen-bond donors (Lipinski definition) is 0. The Hall–Kier alpha value is 1.11. The molecule has 0 rings (SSSR count). The Labute approximate surface area is 54.4 Å². The zero-order chi connectivity index (χ0) is 2.71. The summed E-state index contributed by atoms with van der Waals surface area (Å²) in [6, 6.07) is 0. The summed E-state index contributed by atoms with van der Waals surface area (Å²) in [5.41, 5.74) is 0. The minimum atomic E-state index is 0. The fraction of sp³-hybridized carbons (Fsp3) is 1.00. The Kier molecular flexibility index (Phi) is 63.9. The molecule has 0 bridgehead atoms. The van der Waals surface area contributed by atoms with Crippen molar-refractivity contribution < 1.29 is 12.4 Å².